The van der Waals surface area contributed by atoms with Crippen LogP contribution in [0.15, 0.2) is 53.0 Å². The SMILES string of the molecule is Cc1cccc(OC(C)C(=O)OCn2c(-c3ccc(Cl)cc3)c(C#N)c(Br)c2C(F)(F)F)c1. The predicted octanol–water partition coefficient (Wildman–Crippen LogP) is 6.74. The van der Waals surface area contributed by atoms with Crippen LogP contribution in [-0.2, 0) is 22.4 Å². The first-order valence-electron chi connectivity index (χ1n) is 9.58. The maximum absolute atomic E-state index is 13.9. The summed E-state index contributed by atoms with van der Waals surface area (Å²) < 4.78 is 52.6. The van der Waals surface area contributed by atoms with E-state index >= 15 is 0 Å². The van der Waals surface area contributed by atoms with E-state index in [1.807, 2.05) is 13.0 Å². The zero-order chi connectivity index (χ0) is 24.3. The van der Waals surface area contributed by atoms with Crippen molar-refractivity contribution in [3.8, 4) is 23.1 Å². The van der Waals surface area contributed by atoms with Gasteiger partial charge in [0, 0.05) is 5.02 Å². The third-order valence-electron chi connectivity index (χ3n) is 4.67. The Morgan fingerprint density at radius 3 is 2.48 bits per heavy atom. The number of esters is 1. The van der Waals surface area contributed by atoms with Gasteiger partial charge in [-0.1, -0.05) is 35.9 Å². The number of nitrogens with zero attached hydrogens (tertiary/aromatic N) is 2. The second-order valence-electron chi connectivity index (χ2n) is 7.10. The van der Waals surface area contributed by atoms with Crippen molar-refractivity contribution in [2.45, 2.75) is 32.9 Å². The highest BCUT2D eigenvalue weighted by atomic mass is 79.9. The molecule has 3 aromatic rings. The average molecular weight is 542 g/mol. The normalized spacial score (nSPS) is 12.2. The first-order valence-corrected chi connectivity index (χ1v) is 10.7. The molecule has 0 fully saturated rings. The Bertz CT molecular complexity index is 1220. The Kier molecular flexibility index (Phi) is 7.40. The molecule has 0 aliphatic rings. The molecule has 0 aliphatic carbocycles. The Labute approximate surface area is 201 Å². The molecule has 3 rings (SSSR count). The molecule has 0 N–H and O–H groups in total. The average Bonchev–Trinajstić information content (AvgIpc) is 3.04. The Morgan fingerprint density at radius 2 is 1.91 bits per heavy atom. The van der Waals surface area contributed by atoms with Crippen LogP contribution in [0.4, 0.5) is 13.2 Å². The second-order valence-corrected chi connectivity index (χ2v) is 8.33. The summed E-state index contributed by atoms with van der Waals surface area (Å²) in [5.74, 6) is -0.442. The molecule has 2 aromatic carbocycles. The lowest BCUT2D eigenvalue weighted by Gasteiger charge is -2.18. The standard InChI is InChI=1S/C23H17BrClF3N2O3/c1-13-4-3-5-17(10-13)33-14(2)22(31)32-12-30-20(15-6-8-16(25)9-7-15)18(11-29)19(24)21(30)23(26,27)28/h3-10,14H,12H2,1-2H3. The highest BCUT2D eigenvalue weighted by Crippen LogP contribution is 2.43. The number of aromatic nitrogens is 1. The molecule has 0 bridgehead atoms. The van der Waals surface area contributed by atoms with Gasteiger partial charge in [0.2, 0.25) is 0 Å². The number of ether oxygens (including phenoxy) is 2. The van der Waals surface area contributed by atoms with E-state index in [2.05, 4.69) is 15.9 Å². The summed E-state index contributed by atoms with van der Waals surface area (Å²) >= 11 is 8.78. The molecule has 172 valence electrons. The number of nitriles is 1. The molecule has 5 nitrogen and oxygen atoms in total. The number of alkyl halides is 3. The summed E-state index contributed by atoms with van der Waals surface area (Å²) in [5.41, 5.74) is -0.244. The molecule has 1 heterocycles. The lowest BCUT2D eigenvalue weighted by atomic mass is 10.1. The maximum atomic E-state index is 13.9. The van der Waals surface area contributed by atoms with Crippen molar-refractivity contribution in [2.24, 2.45) is 0 Å². The molecule has 0 amide bonds. The minimum absolute atomic E-state index is 0.0616. The van der Waals surface area contributed by atoms with Crippen molar-refractivity contribution in [3.63, 3.8) is 0 Å². The molecule has 1 aromatic heterocycles. The molecule has 1 unspecified atom stereocenters. The quantitative estimate of drug-likeness (QED) is 0.324. The highest BCUT2D eigenvalue weighted by molar-refractivity contribution is 9.10. The van der Waals surface area contributed by atoms with Crippen LogP contribution in [0.5, 0.6) is 5.75 Å². The van der Waals surface area contributed by atoms with Gasteiger partial charge in [-0.05, 0) is 65.2 Å². The third-order valence-corrected chi connectivity index (χ3v) is 5.70. The molecule has 0 aliphatic heterocycles. The smallest absolute Gasteiger partial charge is 0.432 e. The zero-order valence-electron chi connectivity index (χ0n) is 17.4. The number of halogens is 5. The van der Waals surface area contributed by atoms with Crippen LogP contribution < -0.4 is 4.74 Å². The largest absolute Gasteiger partial charge is 0.479 e. The van der Waals surface area contributed by atoms with E-state index in [1.54, 1.807) is 24.3 Å². The van der Waals surface area contributed by atoms with Crippen molar-refractivity contribution < 1.29 is 27.4 Å². The molecule has 0 saturated heterocycles. The molecular weight excluding hydrogens is 525 g/mol. The second kappa shape index (κ2) is 9.89. The Hall–Kier alpha value is -2.96. The summed E-state index contributed by atoms with van der Waals surface area (Å²) in [5, 5.41) is 9.93. The molecule has 0 radical (unpaired) electrons. The molecule has 0 saturated carbocycles. The van der Waals surface area contributed by atoms with E-state index < -0.39 is 35.1 Å². The minimum Gasteiger partial charge on any atom is -0.479 e. The summed E-state index contributed by atoms with van der Waals surface area (Å²) in [6, 6.07) is 14.7. The van der Waals surface area contributed by atoms with E-state index in [-0.39, 0.29) is 11.3 Å². The van der Waals surface area contributed by atoms with Gasteiger partial charge in [0.25, 0.3) is 0 Å². The van der Waals surface area contributed by atoms with Crippen molar-refractivity contribution in [2.75, 3.05) is 0 Å². The zero-order valence-corrected chi connectivity index (χ0v) is 19.8. The number of hydrogen-bond donors (Lipinski definition) is 0. The monoisotopic (exact) mass is 540 g/mol. The van der Waals surface area contributed by atoms with Gasteiger partial charge in [-0.15, -0.1) is 0 Å². The summed E-state index contributed by atoms with van der Waals surface area (Å²) in [6.45, 7) is 2.50. The summed E-state index contributed by atoms with van der Waals surface area (Å²) in [6.07, 6.45) is -5.90. The number of benzene rings is 2. The third kappa shape index (κ3) is 5.52. The lowest BCUT2D eigenvalue weighted by molar-refractivity contribution is -0.160. The first kappa shape index (κ1) is 24.7. The van der Waals surface area contributed by atoms with E-state index in [4.69, 9.17) is 21.1 Å². The first-order chi connectivity index (χ1) is 15.5. The van der Waals surface area contributed by atoms with Gasteiger partial charge in [0.05, 0.1) is 15.7 Å². The van der Waals surface area contributed by atoms with Crippen LogP contribution in [0.3, 0.4) is 0 Å². The lowest BCUT2D eigenvalue weighted by Crippen LogP contribution is -2.28. The molecule has 10 heteroatoms. The molecule has 1 atom stereocenters. The van der Waals surface area contributed by atoms with Gasteiger partial charge in [-0.25, -0.2) is 4.79 Å². The van der Waals surface area contributed by atoms with Gasteiger partial charge in [0.1, 0.15) is 17.5 Å². The number of carbonyl (C=O) groups excluding carboxylic acids is 1. The van der Waals surface area contributed by atoms with Crippen molar-refractivity contribution in [1.82, 2.24) is 4.57 Å². The van der Waals surface area contributed by atoms with Gasteiger partial charge in [0.15, 0.2) is 12.8 Å². The van der Waals surface area contributed by atoms with Crippen LogP contribution in [0.1, 0.15) is 23.7 Å². The number of aryl methyl sites for hydroxylation is 1. The molecule has 0 spiro atoms. The van der Waals surface area contributed by atoms with E-state index in [9.17, 15) is 23.2 Å². The number of carbonyl (C=O) groups is 1. The Morgan fingerprint density at radius 1 is 1.24 bits per heavy atom. The summed E-state index contributed by atoms with van der Waals surface area (Å²) in [7, 11) is 0. The van der Waals surface area contributed by atoms with Crippen LogP contribution in [-0.4, -0.2) is 16.6 Å². The number of hydrogen-bond acceptors (Lipinski definition) is 4. The molecular formula is C23H17BrClF3N2O3. The van der Waals surface area contributed by atoms with Crippen molar-refractivity contribution in [3.05, 3.63) is 74.8 Å². The van der Waals surface area contributed by atoms with E-state index in [0.717, 1.165) is 10.1 Å². The van der Waals surface area contributed by atoms with E-state index in [0.29, 0.717) is 16.3 Å². The fourth-order valence-corrected chi connectivity index (χ4v) is 4.03. The molecule has 33 heavy (non-hydrogen) atoms. The fourth-order valence-electron chi connectivity index (χ4n) is 3.19. The summed E-state index contributed by atoms with van der Waals surface area (Å²) in [4.78, 5) is 12.5. The Balaban J connectivity index is 1.95. The topological polar surface area (TPSA) is 64.2 Å². The number of rotatable bonds is 6. The predicted molar refractivity (Wildman–Crippen MR) is 120 cm³/mol. The van der Waals surface area contributed by atoms with Crippen LogP contribution in [0.2, 0.25) is 5.02 Å². The van der Waals surface area contributed by atoms with Gasteiger partial charge >= 0.3 is 12.1 Å². The highest BCUT2D eigenvalue weighted by Gasteiger charge is 2.41. The van der Waals surface area contributed by atoms with Crippen molar-refractivity contribution in [1.29, 1.82) is 5.26 Å². The van der Waals surface area contributed by atoms with Gasteiger partial charge in [-0.3, -0.25) is 0 Å². The van der Waals surface area contributed by atoms with Crippen molar-refractivity contribution >= 4 is 33.5 Å². The fraction of sp³-hybridized carbons (Fsp3) is 0.217. The van der Waals surface area contributed by atoms with Crippen LogP contribution >= 0.6 is 27.5 Å². The van der Waals surface area contributed by atoms with Gasteiger partial charge in [-0.2, -0.15) is 18.4 Å². The van der Waals surface area contributed by atoms with Crippen LogP contribution in [0, 0.1) is 18.3 Å². The van der Waals surface area contributed by atoms with E-state index in [1.165, 1.54) is 31.2 Å². The minimum atomic E-state index is -4.83. The maximum Gasteiger partial charge on any atom is 0.432 e. The van der Waals surface area contributed by atoms with Gasteiger partial charge < -0.3 is 14.0 Å². The van der Waals surface area contributed by atoms with Crippen LogP contribution in [0.25, 0.3) is 11.3 Å².